The molecule has 308 valence electrons. The lowest BCUT2D eigenvalue weighted by Gasteiger charge is -2.44. The maximum Gasteiger partial charge on any atom is 0.301 e. The normalized spacial score (nSPS) is 26.7. The Balaban J connectivity index is 1.37. The number of nitrogens with zero attached hydrogens (tertiary/aromatic N) is 3. The number of benzene rings is 2. The Labute approximate surface area is 332 Å². The van der Waals surface area contributed by atoms with E-state index in [1.807, 2.05) is 39.8 Å². The molecule has 3 aliphatic heterocycles. The highest BCUT2D eigenvalue weighted by Gasteiger charge is 2.45. The van der Waals surface area contributed by atoms with Crippen LogP contribution in [0.4, 0.5) is 14.5 Å². The van der Waals surface area contributed by atoms with Crippen LogP contribution in [0.25, 0.3) is 0 Å². The van der Waals surface area contributed by atoms with Gasteiger partial charge in [0.2, 0.25) is 5.91 Å². The Morgan fingerprint density at radius 1 is 1.11 bits per heavy atom. The van der Waals surface area contributed by atoms with E-state index < -0.39 is 46.6 Å². The standard InChI is InChI=1S/C39H52ClF2N5O8S/c1-45-15-4-3-7-34(54-19-17-46-25-38(41,42)26-46)32-12-9-28(32)23-47-16-5-2-6-27-20-31(40)11-8-29(27)24-55-35-13-10-30(21-33(35)47)39(51,22-36(45)49)37(50)44-56(52,53)43-14-18-48/h3,7-8,10-11,13,20-21,28,32,34,43,48,51H,2,4-6,9,12,14-19,22-26H2,1H3,(H,44,50)/b7-3+/t28-,32+,34-,39+/m0/s1. The zero-order valence-corrected chi connectivity index (χ0v) is 33.2. The van der Waals surface area contributed by atoms with Gasteiger partial charge in [-0.3, -0.25) is 14.5 Å². The van der Waals surface area contributed by atoms with Crippen LogP contribution in [0.15, 0.2) is 48.6 Å². The number of aliphatic hydroxyl groups excluding tert-OH is 1. The molecule has 4 aliphatic rings. The summed E-state index contributed by atoms with van der Waals surface area (Å²) in [7, 11) is -2.98. The van der Waals surface area contributed by atoms with Crippen molar-refractivity contribution in [3.63, 3.8) is 0 Å². The van der Waals surface area contributed by atoms with Crippen LogP contribution in [0.3, 0.4) is 0 Å². The molecular formula is C39H52ClF2N5O8S. The minimum absolute atomic E-state index is 0.00144. The monoisotopic (exact) mass is 823 g/mol. The number of aliphatic hydroxyl groups is 2. The number of fused-ring (bicyclic) bond motifs is 3. The predicted molar refractivity (Wildman–Crippen MR) is 207 cm³/mol. The second-order valence-corrected chi connectivity index (χ2v) is 17.2. The first-order valence-corrected chi connectivity index (χ1v) is 21.1. The molecule has 0 spiro atoms. The number of carbonyl (C=O) groups is 2. The van der Waals surface area contributed by atoms with Crippen LogP contribution in [-0.2, 0) is 43.2 Å². The Hall–Kier alpha value is -3.38. The first-order chi connectivity index (χ1) is 26.7. The van der Waals surface area contributed by atoms with E-state index in [0.717, 1.165) is 43.2 Å². The largest absolute Gasteiger partial charge is 0.487 e. The van der Waals surface area contributed by atoms with E-state index in [1.165, 1.54) is 18.0 Å². The molecule has 1 saturated heterocycles. The van der Waals surface area contributed by atoms with Crippen molar-refractivity contribution in [3.05, 3.63) is 70.3 Å². The summed E-state index contributed by atoms with van der Waals surface area (Å²) in [6, 6.07) is 10.4. The van der Waals surface area contributed by atoms with Crippen molar-refractivity contribution in [2.75, 3.05) is 71.0 Å². The lowest BCUT2D eigenvalue weighted by Crippen LogP contribution is -2.57. The van der Waals surface area contributed by atoms with Gasteiger partial charge in [0.05, 0.1) is 44.5 Å². The number of carbonyl (C=O) groups excluding carboxylic acids is 2. The highest BCUT2D eigenvalue weighted by Crippen LogP contribution is 2.43. The van der Waals surface area contributed by atoms with Crippen LogP contribution < -0.4 is 19.1 Å². The van der Waals surface area contributed by atoms with E-state index in [-0.39, 0.29) is 56.3 Å². The van der Waals surface area contributed by atoms with Crippen molar-refractivity contribution in [1.29, 1.82) is 0 Å². The van der Waals surface area contributed by atoms with Gasteiger partial charge in [0.15, 0.2) is 5.60 Å². The van der Waals surface area contributed by atoms with Crippen LogP contribution in [0.1, 0.15) is 55.2 Å². The fourth-order valence-electron chi connectivity index (χ4n) is 7.85. The molecule has 0 aromatic heterocycles. The van der Waals surface area contributed by atoms with Gasteiger partial charge < -0.3 is 29.5 Å². The number of amides is 2. The molecule has 4 N–H and O–H groups in total. The van der Waals surface area contributed by atoms with Crippen molar-refractivity contribution in [2.24, 2.45) is 11.8 Å². The van der Waals surface area contributed by atoms with Crippen LogP contribution in [0.5, 0.6) is 5.75 Å². The number of nitrogens with one attached hydrogen (secondary N) is 2. The van der Waals surface area contributed by atoms with Gasteiger partial charge in [-0.1, -0.05) is 35.9 Å². The fraction of sp³-hybridized carbons (Fsp3) is 0.590. The molecule has 17 heteroatoms. The summed E-state index contributed by atoms with van der Waals surface area (Å²) in [4.78, 5) is 32.8. The number of likely N-dealkylation sites (tertiary alicyclic amines) is 1. The third kappa shape index (κ3) is 10.4. The van der Waals surface area contributed by atoms with E-state index in [1.54, 1.807) is 17.0 Å². The average molecular weight is 824 g/mol. The second-order valence-electron chi connectivity index (χ2n) is 15.3. The van der Waals surface area contributed by atoms with E-state index in [9.17, 15) is 31.9 Å². The number of ether oxygens (including phenoxy) is 2. The quantitative estimate of drug-likeness (QED) is 0.276. The molecule has 2 amide bonds. The second kappa shape index (κ2) is 18.0. The first-order valence-electron chi connectivity index (χ1n) is 19.2. The summed E-state index contributed by atoms with van der Waals surface area (Å²) in [6.07, 6.45) is 7.50. The van der Waals surface area contributed by atoms with Crippen molar-refractivity contribution in [2.45, 2.75) is 69.2 Å². The number of anilines is 1. The van der Waals surface area contributed by atoms with Gasteiger partial charge in [-0.25, -0.2) is 13.5 Å². The number of halogens is 3. The van der Waals surface area contributed by atoms with E-state index in [2.05, 4.69) is 4.90 Å². The van der Waals surface area contributed by atoms with Gasteiger partial charge in [0, 0.05) is 44.8 Å². The molecule has 0 unspecified atom stereocenters. The lowest BCUT2D eigenvalue weighted by atomic mass is 9.70. The molecule has 6 rings (SSSR count). The summed E-state index contributed by atoms with van der Waals surface area (Å²) >= 11 is 6.37. The number of rotatable bonds is 9. The highest BCUT2D eigenvalue weighted by molar-refractivity contribution is 7.88. The number of aryl methyl sites for hydroxylation is 1. The van der Waals surface area contributed by atoms with E-state index >= 15 is 0 Å². The van der Waals surface area contributed by atoms with Gasteiger partial charge >= 0.3 is 10.2 Å². The highest BCUT2D eigenvalue weighted by atomic mass is 35.5. The summed E-state index contributed by atoms with van der Waals surface area (Å²) in [6.45, 7) is 0.850. The molecule has 2 aromatic rings. The van der Waals surface area contributed by atoms with Gasteiger partial charge in [-0.15, -0.1) is 0 Å². The van der Waals surface area contributed by atoms with Crippen molar-refractivity contribution in [3.8, 4) is 5.75 Å². The molecule has 2 aromatic carbocycles. The smallest absolute Gasteiger partial charge is 0.301 e. The van der Waals surface area contributed by atoms with Crippen molar-refractivity contribution >= 4 is 39.3 Å². The summed E-state index contributed by atoms with van der Waals surface area (Å²) in [5.41, 5.74) is -0.0191. The number of alkyl halides is 2. The Morgan fingerprint density at radius 2 is 1.91 bits per heavy atom. The molecule has 56 heavy (non-hydrogen) atoms. The lowest BCUT2D eigenvalue weighted by molar-refractivity contribution is -0.148. The Morgan fingerprint density at radius 3 is 2.64 bits per heavy atom. The minimum Gasteiger partial charge on any atom is -0.487 e. The average Bonchev–Trinajstić information content (AvgIpc) is 3.15. The molecule has 3 heterocycles. The third-order valence-corrected chi connectivity index (χ3v) is 12.5. The van der Waals surface area contributed by atoms with Gasteiger partial charge in [0.25, 0.3) is 11.8 Å². The van der Waals surface area contributed by atoms with Gasteiger partial charge in [-0.05, 0) is 91.3 Å². The fourth-order valence-corrected chi connectivity index (χ4v) is 8.89. The molecule has 2 fully saturated rings. The molecule has 1 aliphatic carbocycles. The molecule has 2 bridgehead atoms. The van der Waals surface area contributed by atoms with Crippen LogP contribution >= 0.6 is 11.6 Å². The Kier molecular flexibility index (Phi) is 13.6. The van der Waals surface area contributed by atoms with Crippen LogP contribution in [0, 0.1) is 11.8 Å². The maximum atomic E-state index is 13.9. The van der Waals surface area contributed by atoms with Crippen LogP contribution in [-0.4, -0.2) is 118 Å². The maximum absolute atomic E-state index is 13.9. The number of hydrogen-bond acceptors (Lipinski definition) is 10. The SMILES string of the molecule is CN1CC/C=C/[C@H](OCCN2CC(F)(F)C2)[C@@H]2CC[C@H]2CN2CCCCc3cc(Cl)ccc3COc3ccc(cc32)[C@@](O)(C(=O)NS(=O)(=O)NCCO)CC1=O. The molecule has 0 radical (unpaired) electrons. The summed E-state index contributed by atoms with van der Waals surface area (Å²) < 4.78 is 69.3. The summed E-state index contributed by atoms with van der Waals surface area (Å²) in [5.74, 6) is -3.84. The predicted octanol–water partition coefficient (Wildman–Crippen LogP) is 3.36. The molecule has 13 nitrogen and oxygen atoms in total. The molecule has 1 saturated carbocycles. The minimum atomic E-state index is -4.51. The topological polar surface area (TPSA) is 161 Å². The van der Waals surface area contributed by atoms with E-state index in [4.69, 9.17) is 26.2 Å². The zero-order chi connectivity index (χ0) is 40.1. The van der Waals surface area contributed by atoms with Gasteiger partial charge in [-0.2, -0.15) is 13.1 Å². The zero-order valence-electron chi connectivity index (χ0n) is 31.6. The van der Waals surface area contributed by atoms with Crippen LogP contribution in [0.2, 0.25) is 5.02 Å². The summed E-state index contributed by atoms with van der Waals surface area (Å²) in [5, 5.41) is 22.0. The number of hydrogen-bond donors (Lipinski definition) is 4. The third-order valence-electron chi connectivity index (χ3n) is 11.2. The molecule has 4 atom stereocenters. The van der Waals surface area contributed by atoms with Crippen molar-refractivity contribution < 1.29 is 46.5 Å². The first kappa shape index (κ1) is 42.2. The molecular weight excluding hydrogens is 772 g/mol. The Bertz CT molecular complexity index is 1860. The van der Waals surface area contributed by atoms with Gasteiger partial charge in [0.1, 0.15) is 12.4 Å². The van der Waals surface area contributed by atoms with E-state index in [0.29, 0.717) is 49.1 Å². The van der Waals surface area contributed by atoms with Crippen molar-refractivity contribution in [1.82, 2.24) is 19.2 Å².